The van der Waals surface area contributed by atoms with Gasteiger partial charge < -0.3 is 20.1 Å². The summed E-state index contributed by atoms with van der Waals surface area (Å²) in [4.78, 5) is 11.2. The van der Waals surface area contributed by atoms with Gasteiger partial charge in [-0.25, -0.2) is 0 Å². The van der Waals surface area contributed by atoms with Crippen molar-refractivity contribution in [1.29, 1.82) is 0 Å². The quantitative estimate of drug-likeness (QED) is 0.345. The number of benzene rings is 3. The lowest BCUT2D eigenvalue weighted by atomic mass is 10.0. The van der Waals surface area contributed by atoms with Crippen molar-refractivity contribution in [3.63, 3.8) is 0 Å². The van der Waals surface area contributed by atoms with Crippen LogP contribution < -0.4 is 10.5 Å². The number of nitrogen functional groups attached to an aromatic ring is 1. The second kappa shape index (κ2) is 8.55. The number of carboxylic acid groups (broad SMARTS) is 1. The molecule has 172 valence electrons. The minimum Gasteiger partial charge on any atom is -0.487 e. The Morgan fingerprint density at radius 3 is 2.65 bits per heavy atom. The van der Waals surface area contributed by atoms with Gasteiger partial charge in [-0.1, -0.05) is 35.5 Å². The van der Waals surface area contributed by atoms with E-state index in [-0.39, 0.29) is 19.1 Å². The number of aliphatic carboxylic acids is 1. The van der Waals surface area contributed by atoms with Crippen molar-refractivity contribution in [2.75, 3.05) is 5.73 Å². The fourth-order valence-corrected chi connectivity index (χ4v) is 4.12. The van der Waals surface area contributed by atoms with Crippen molar-refractivity contribution < 1.29 is 19.2 Å². The molecule has 8 heteroatoms. The van der Waals surface area contributed by atoms with Crippen LogP contribution in [0.5, 0.6) is 5.75 Å². The van der Waals surface area contributed by atoms with Gasteiger partial charge in [-0.15, -0.1) is 0 Å². The number of carboxylic acids is 1. The number of fused-ring (bicyclic) bond motifs is 2. The Morgan fingerprint density at radius 1 is 1.09 bits per heavy atom. The van der Waals surface area contributed by atoms with E-state index >= 15 is 0 Å². The standard InChI is InChI=1S/C26H24N4O4/c1-15(2)30-22-10-8-16(17-7-9-19-24(12-17)34-29-26(19)27)11-20(22)21(28-30)14-33-23-6-4-3-5-18(23)13-25(31)32/h3-12,15H,13-14H2,1-2H3,(H2,27,29)(H,31,32). The molecule has 0 spiro atoms. The third-order valence-corrected chi connectivity index (χ3v) is 5.78. The van der Waals surface area contributed by atoms with Crippen LogP contribution in [0, 0.1) is 0 Å². The number of carbonyl (C=O) groups is 1. The number of para-hydroxylation sites is 1. The van der Waals surface area contributed by atoms with Gasteiger partial charge in [0.2, 0.25) is 0 Å². The third-order valence-electron chi connectivity index (χ3n) is 5.78. The molecular weight excluding hydrogens is 432 g/mol. The van der Waals surface area contributed by atoms with Gasteiger partial charge in [0.1, 0.15) is 18.1 Å². The average molecular weight is 457 g/mol. The predicted molar refractivity (Wildman–Crippen MR) is 130 cm³/mol. The second-order valence-electron chi connectivity index (χ2n) is 8.46. The highest BCUT2D eigenvalue weighted by Gasteiger charge is 2.16. The maximum Gasteiger partial charge on any atom is 0.307 e. The molecule has 5 rings (SSSR count). The summed E-state index contributed by atoms with van der Waals surface area (Å²) >= 11 is 0. The molecule has 0 fully saturated rings. The second-order valence-corrected chi connectivity index (χ2v) is 8.46. The summed E-state index contributed by atoms with van der Waals surface area (Å²) in [7, 11) is 0. The van der Waals surface area contributed by atoms with E-state index in [9.17, 15) is 9.90 Å². The van der Waals surface area contributed by atoms with E-state index in [2.05, 4.69) is 37.2 Å². The maximum absolute atomic E-state index is 11.2. The molecule has 0 saturated carbocycles. The Morgan fingerprint density at radius 2 is 1.85 bits per heavy atom. The number of hydrogen-bond acceptors (Lipinski definition) is 6. The number of rotatable bonds is 7. The van der Waals surface area contributed by atoms with E-state index < -0.39 is 5.97 Å². The molecule has 3 aromatic carbocycles. The van der Waals surface area contributed by atoms with Gasteiger partial charge in [0.25, 0.3) is 0 Å². The summed E-state index contributed by atoms with van der Waals surface area (Å²) in [6.07, 6.45) is -0.101. The minimum atomic E-state index is -0.902. The van der Waals surface area contributed by atoms with Gasteiger partial charge in [-0.3, -0.25) is 9.48 Å². The summed E-state index contributed by atoms with van der Waals surface area (Å²) in [6, 6.07) is 19.3. The molecule has 3 N–H and O–H groups in total. The number of anilines is 1. The summed E-state index contributed by atoms with van der Waals surface area (Å²) in [5.74, 6) is 0.0141. The van der Waals surface area contributed by atoms with Gasteiger partial charge in [0.15, 0.2) is 11.4 Å². The lowest BCUT2D eigenvalue weighted by Gasteiger charge is -2.09. The Kier molecular flexibility index (Phi) is 5.41. The monoisotopic (exact) mass is 456 g/mol. The largest absolute Gasteiger partial charge is 0.487 e. The molecule has 0 bridgehead atoms. The molecule has 5 aromatic rings. The zero-order valence-corrected chi connectivity index (χ0v) is 18.9. The van der Waals surface area contributed by atoms with Crippen LogP contribution in [-0.4, -0.2) is 26.0 Å². The first-order valence-electron chi connectivity index (χ1n) is 11.0. The van der Waals surface area contributed by atoms with Crippen molar-refractivity contribution in [3.05, 3.63) is 71.9 Å². The SMILES string of the molecule is CC(C)n1nc(COc2ccccc2CC(=O)O)c2cc(-c3ccc4c(N)noc4c3)ccc21. The molecule has 2 aromatic heterocycles. The van der Waals surface area contributed by atoms with Crippen molar-refractivity contribution in [2.24, 2.45) is 0 Å². The van der Waals surface area contributed by atoms with E-state index in [0.29, 0.717) is 22.7 Å². The van der Waals surface area contributed by atoms with Crippen molar-refractivity contribution in [2.45, 2.75) is 32.9 Å². The molecule has 34 heavy (non-hydrogen) atoms. The summed E-state index contributed by atoms with van der Waals surface area (Å²) in [6.45, 7) is 4.37. The lowest BCUT2D eigenvalue weighted by Crippen LogP contribution is -2.06. The first-order chi connectivity index (χ1) is 16.4. The lowest BCUT2D eigenvalue weighted by molar-refractivity contribution is -0.136. The normalized spacial score (nSPS) is 11.5. The molecule has 0 radical (unpaired) electrons. The molecule has 0 amide bonds. The van der Waals surface area contributed by atoms with E-state index in [1.165, 1.54) is 0 Å². The smallest absolute Gasteiger partial charge is 0.307 e. The van der Waals surface area contributed by atoms with Gasteiger partial charge in [0, 0.05) is 17.0 Å². The number of aromatic nitrogens is 3. The van der Waals surface area contributed by atoms with E-state index in [1.54, 1.807) is 18.2 Å². The highest BCUT2D eigenvalue weighted by molar-refractivity contribution is 5.92. The predicted octanol–water partition coefficient (Wildman–Crippen LogP) is 5.21. The van der Waals surface area contributed by atoms with Crippen molar-refractivity contribution in [3.8, 4) is 16.9 Å². The summed E-state index contributed by atoms with van der Waals surface area (Å²) in [5, 5.41) is 19.6. The first-order valence-corrected chi connectivity index (χ1v) is 11.0. The molecule has 0 aliphatic carbocycles. The van der Waals surface area contributed by atoms with Crippen molar-refractivity contribution >= 4 is 33.7 Å². The highest BCUT2D eigenvalue weighted by atomic mass is 16.5. The Labute approximate surface area is 195 Å². The van der Waals surface area contributed by atoms with Crippen LogP contribution in [-0.2, 0) is 17.8 Å². The number of nitrogens with two attached hydrogens (primary N) is 1. The van der Waals surface area contributed by atoms with Gasteiger partial charge in [0.05, 0.1) is 17.3 Å². The molecule has 0 saturated heterocycles. The van der Waals surface area contributed by atoms with Crippen LogP contribution in [0.2, 0.25) is 0 Å². The molecule has 0 atom stereocenters. The molecule has 8 nitrogen and oxygen atoms in total. The average Bonchev–Trinajstić information content (AvgIpc) is 3.38. The molecule has 0 aliphatic rings. The molecule has 0 unspecified atom stereocenters. The van der Waals surface area contributed by atoms with Gasteiger partial charge in [-0.2, -0.15) is 5.10 Å². The Balaban J connectivity index is 1.53. The first kappa shape index (κ1) is 21.5. The van der Waals surface area contributed by atoms with E-state index in [4.69, 9.17) is 20.1 Å². The van der Waals surface area contributed by atoms with E-state index in [1.807, 2.05) is 28.9 Å². The fraction of sp³-hybridized carbons (Fsp3) is 0.192. The van der Waals surface area contributed by atoms with Crippen LogP contribution in [0.15, 0.2) is 65.2 Å². The Bertz CT molecular complexity index is 1520. The van der Waals surface area contributed by atoms with Crippen LogP contribution in [0.4, 0.5) is 5.82 Å². The maximum atomic E-state index is 11.2. The zero-order chi connectivity index (χ0) is 23.8. The van der Waals surface area contributed by atoms with Gasteiger partial charge >= 0.3 is 5.97 Å². The number of ether oxygens (including phenoxy) is 1. The highest BCUT2D eigenvalue weighted by Crippen LogP contribution is 2.32. The van der Waals surface area contributed by atoms with Crippen LogP contribution in [0.25, 0.3) is 33.0 Å². The summed E-state index contributed by atoms with van der Waals surface area (Å²) in [5.41, 5.74) is 10.9. The fourth-order valence-electron chi connectivity index (χ4n) is 4.12. The summed E-state index contributed by atoms with van der Waals surface area (Å²) < 4.78 is 13.4. The minimum absolute atomic E-state index is 0.101. The third kappa shape index (κ3) is 3.94. The number of nitrogens with zero attached hydrogens (tertiary/aromatic N) is 3. The molecule has 2 heterocycles. The van der Waals surface area contributed by atoms with Crippen LogP contribution >= 0.6 is 0 Å². The van der Waals surface area contributed by atoms with Crippen LogP contribution in [0.1, 0.15) is 31.1 Å². The molecule has 0 aliphatic heterocycles. The van der Waals surface area contributed by atoms with E-state index in [0.717, 1.165) is 33.1 Å². The van der Waals surface area contributed by atoms with Gasteiger partial charge in [-0.05, 0) is 55.3 Å². The Hall–Kier alpha value is -4.33. The topological polar surface area (TPSA) is 116 Å². The van der Waals surface area contributed by atoms with Crippen molar-refractivity contribution in [1.82, 2.24) is 14.9 Å². The zero-order valence-electron chi connectivity index (χ0n) is 18.9. The number of hydrogen-bond donors (Lipinski definition) is 2. The molecular formula is C26H24N4O4. The van der Waals surface area contributed by atoms with Crippen LogP contribution in [0.3, 0.4) is 0 Å².